The molecule has 132 valence electrons. The monoisotopic (exact) mass is 341 g/mol. The molecule has 4 rings (SSSR count). The van der Waals surface area contributed by atoms with Crippen molar-refractivity contribution in [3.05, 3.63) is 47.5 Å². The van der Waals surface area contributed by atoms with Crippen LogP contribution in [0, 0.1) is 0 Å². The van der Waals surface area contributed by atoms with Crippen LogP contribution >= 0.6 is 0 Å². The smallest absolute Gasteiger partial charge is 0.221 e. The fourth-order valence-corrected chi connectivity index (χ4v) is 3.13. The minimum absolute atomic E-state index is 0.484. The molecule has 0 spiro atoms. The lowest BCUT2D eigenvalue weighted by Gasteiger charge is -2.30. The highest BCUT2D eigenvalue weighted by Crippen LogP contribution is 2.25. The summed E-state index contributed by atoms with van der Waals surface area (Å²) in [7, 11) is 0. The van der Waals surface area contributed by atoms with Crippen molar-refractivity contribution in [2.24, 2.45) is 0 Å². The SMILES string of the molecule is c1ccc(N2CCOCC2)c(COc2ccc3c(n2)OCCNC3)c1. The molecule has 0 radical (unpaired) electrons. The van der Waals surface area contributed by atoms with Gasteiger partial charge < -0.3 is 24.4 Å². The zero-order chi connectivity index (χ0) is 16.9. The molecule has 1 saturated heterocycles. The molecule has 3 heterocycles. The van der Waals surface area contributed by atoms with Crippen LogP contribution in [0.4, 0.5) is 5.69 Å². The van der Waals surface area contributed by atoms with Gasteiger partial charge in [-0.25, -0.2) is 0 Å². The molecule has 2 aromatic rings. The molecule has 0 bridgehead atoms. The van der Waals surface area contributed by atoms with Crippen LogP contribution in [0.1, 0.15) is 11.1 Å². The molecular weight excluding hydrogens is 318 g/mol. The number of rotatable bonds is 4. The standard InChI is InChI=1S/C19H23N3O3/c1-2-4-17(22-8-11-23-12-9-22)16(3-1)14-25-18-6-5-15-13-20-7-10-24-19(15)21-18/h1-6,20H,7-14H2. The van der Waals surface area contributed by atoms with Crippen LogP contribution in [-0.4, -0.2) is 44.4 Å². The molecule has 0 aliphatic carbocycles. The lowest BCUT2D eigenvalue weighted by Crippen LogP contribution is -2.36. The Balaban J connectivity index is 1.47. The van der Waals surface area contributed by atoms with Gasteiger partial charge in [0.15, 0.2) is 0 Å². The van der Waals surface area contributed by atoms with E-state index >= 15 is 0 Å². The summed E-state index contributed by atoms with van der Waals surface area (Å²) in [5, 5.41) is 3.30. The lowest BCUT2D eigenvalue weighted by molar-refractivity contribution is 0.122. The fraction of sp³-hybridized carbons (Fsp3) is 0.421. The number of aromatic nitrogens is 1. The van der Waals surface area contributed by atoms with Crippen molar-refractivity contribution in [1.29, 1.82) is 0 Å². The first kappa shape index (κ1) is 16.2. The fourth-order valence-electron chi connectivity index (χ4n) is 3.13. The van der Waals surface area contributed by atoms with Crippen LogP contribution in [0.5, 0.6) is 11.8 Å². The number of pyridine rings is 1. The van der Waals surface area contributed by atoms with E-state index in [1.54, 1.807) is 0 Å². The molecule has 2 aliphatic heterocycles. The second-order valence-corrected chi connectivity index (χ2v) is 6.16. The Labute approximate surface area is 147 Å². The van der Waals surface area contributed by atoms with Crippen molar-refractivity contribution >= 4 is 5.69 Å². The Morgan fingerprint density at radius 3 is 2.88 bits per heavy atom. The summed E-state index contributed by atoms with van der Waals surface area (Å²) in [6, 6.07) is 12.3. The number of hydrogen-bond donors (Lipinski definition) is 1. The van der Waals surface area contributed by atoms with Crippen molar-refractivity contribution in [2.75, 3.05) is 44.4 Å². The first-order chi connectivity index (χ1) is 12.4. The number of para-hydroxylation sites is 1. The number of nitrogens with one attached hydrogen (secondary N) is 1. The molecule has 0 atom stereocenters. The zero-order valence-corrected chi connectivity index (χ0v) is 14.2. The van der Waals surface area contributed by atoms with Crippen LogP contribution < -0.4 is 19.7 Å². The predicted octanol–water partition coefficient (Wildman–Crippen LogP) is 1.98. The Bertz CT molecular complexity index is 717. The molecule has 1 aromatic carbocycles. The summed E-state index contributed by atoms with van der Waals surface area (Å²) < 4.78 is 17.1. The third-order valence-corrected chi connectivity index (χ3v) is 4.47. The normalized spacial score (nSPS) is 17.4. The highest BCUT2D eigenvalue weighted by molar-refractivity contribution is 5.53. The average molecular weight is 341 g/mol. The first-order valence-corrected chi connectivity index (χ1v) is 8.77. The number of ether oxygens (including phenoxy) is 3. The van der Waals surface area contributed by atoms with E-state index in [1.165, 1.54) is 5.69 Å². The van der Waals surface area contributed by atoms with E-state index in [1.807, 2.05) is 18.2 Å². The van der Waals surface area contributed by atoms with Crippen LogP contribution in [0.15, 0.2) is 36.4 Å². The van der Waals surface area contributed by atoms with Crippen molar-refractivity contribution < 1.29 is 14.2 Å². The highest BCUT2D eigenvalue weighted by atomic mass is 16.5. The molecular formula is C19H23N3O3. The van der Waals surface area contributed by atoms with Crippen molar-refractivity contribution in [2.45, 2.75) is 13.2 Å². The summed E-state index contributed by atoms with van der Waals surface area (Å²) in [5.74, 6) is 1.27. The van der Waals surface area contributed by atoms with Gasteiger partial charge in [0.25, 0.3) is 0 Å². The van der Waals surface area contributed by atoms with Gasteiger partial charge in [-0.1, -0.05) is 18.2 Å². The summed E-state index contributed by atoms with van der Waals surface area (Å²) in [4.78, 5) is 6.86. The third kappa shape index (κ3) is 3.86. The molecule has 1 aromatic heterocycles. The predicted molar refractivity (Wildman–Crippen MR) is 95.2 cm³/mol. The number of anilines is 1. The van der Waals surface area contributed by atoms with E-state index < -0.39 is 0 Å². The van der Waals surface area contributed by atoms with E-state index in [0.717, 1.165) is 50.5 Å². The lowest BCUT2D eigenvalue weighted by atomic mass is 10.1. The van der Waals surface area contributed by atoms with Gasteiger partial charge in [-0.05, 0) is 12.1 Å². The van der Waals surface area contributed by atoms with Gasteiger partial charge in [-0.15, -0.1) is 0 Å². The van der Waals surface area contributed by atoms with E-state index in [9.17, 15) is 0 Å². The minimum Gasteiger partial charge on any atom is -0.476 e. The summed E-state index contributed by atoms with van der Waals surface area (Å²) in [6.07, 6.45) is 0. The third-order valence-electron chi connectivity index (χ3n) is 4.47. The number of hydrogen-bond acceptors (Lipinski definition) is 6. The van der Waals surface area contributed by atoms with Gasteiger partial charge in [-0.3, -0.25) is 0 Å². The second kappa shape index (κ2) is 7.72. The first-order valence-electron chi connectivity index (χ1n) is 8.77. The van der Waals surface area contributed by atoms with Crippen LogP contribution in [-0.2, 0) is 17.9 Å². The summed E-state index contributed by atoms with van der Waals surface area (Å²) in [5.41, 5.74) is 3.43. The quantitative estimate of drug-likeness (QED) is 0.918. The topological polar surface area (TPSA) is 55.9 Å². The van der Waals surface area contributed by atoms with Crippen LogP contribution in [0.2, 0.25) is 0 Å². The van der Waals surface area contributed by atoms with Crippen molar-refractivity contribution in [3.63, 3.8) is 0 Å². The van der Waals surface area contributed by atoms with E-state index in [-0.39, 0.29) is 0 Å². The van der Waals surface area contributed by atoms with Crippen molar-refractivity contribution in [3.8, 4) is 11.8 Å². The molecule has 6 nitrogen and oxygen atoms in total. The molecule has 1 N–H and O–H groups in total. The molecule has 0 amide bonds. The number of benzene rings is 1. The Morgan fingerprint density at radius 1 is 1.08 bits per heavy atom. The largest absolute Gasteiger partial charge is 0.476 e. The minimum atomic E-state index is 0.484. The summed E-state index contributed by atoms with van der Waals surface area (Å²) in [6.45, 7) is 6.09. The van der Waals surface area contributed by atoms with Gasteiger partial charge in [0.1, 0.15) is 13.2 Å². The number of fused-ring (bicyclic) bond motifs is 1. The van der Waals surface area contributed by atoms with E-state index in [0.29, 0.717) is 25.0 Å². The van der Waals surface area contributed by atoms with Gasteiger partial charge in [-0.2, -0.15) is 4.98 Å². The maximum absolute atomic E-state index is 5.96. The molecule has 0 saturated carbocycles. The number of nitrogens with zero attached hydrogens (tertiary/aromatic N) is 2. The van der Waals surface area contributed by atoms with Crippen LogP contribution in [0.3, 0.4) is 0 Å². The summed E-state index contributed by atoms with van der Waals surface area (Å²) >= 11 is 0. The van der Waals surface area contributed by atoms with Crippen molar-refractivity contribution in [1.82, 2.24) is 10.3 Å². The van der Waals surface area contributed by atoms with E-state index in [2.05, 4.69) is 33.4 Å². The molecule has 6 heteroatoms. The van der Waals surface area contributed by atoms with Gasteiger partial charge >= 0.3 is 0 Å². The molecule has 1 fully saturated rings. The van der Waals surface area contributed by atoms with Gasteiger partial charge in [0.05, 0.1) is 13.2 Å². The highest BCUT2D eigenvalue weighted by Gasteiger charge is 2.15. The Hall–Kier alpha value is -2.31. The average Bonchev–Trinajstić information content (AvgIpc) is 2.92. The molecule has 0 unspecified atom stereocenters. The van der Waals surface area contributed by atoms with Gasteiger partial charge in [0, 0.05) is 49.1 Å². The van der Waals surface area contributed by atoms with Gasteiger partial charge in [0.2, 0.25) is 11.8 Å². The maximum Gasteiger partial charge on any atom is 0.221 e. The molecule has 25 heavy (non-hydrogen) atoms. The number of morpholine rings is 1. The maximum atomic E-state index is 5.96. The zero-order valence-electron chi connectivity index (χ0n) is 14.2. The Kier molecular flexibility index (Phi) is 4.99. The van der Waals surface area contributed by atoms with E-state index in [4.69, 9.17) is 14.2 Å². The second-order valence-electron chi connectivity index (χ2n) is 6.16. The Morgan fingerprint density at radius 2 is 1.96 bits per heavy atom. The molecule has 2 aliphatic rings. The van der Waals surface area contributed by atoms with Crippen LogP contribution in [0.25, 0.3) is 0 Å².